The number of rotatable bonds is 6. The van der Waals surface area contributed by atoms with E-state index < -0.39 is 18.2 Å². The molecule has 1 aliphatic rings. The first-order valence-electron chi connectivity index (χ1n) is 7.04. The Morgan fingerprint density at radius 3 is 2.78 bits per heavy atom. The van der Waals surface area contributed by atoms with Crippen LogP contribution >= 0.6 is 0 Å². The number of esters is 1. The molecule has 1 N–H and O–H groups in total. The van der Waals surface area contributed by atoms with Crippen LogP contribution in [0.1, 0.15) is 24.3 Å². The van der Waals surface area contributed by atoms with Gasteiger partial charge in [0.05, 0.1) is 6.61 Å². The van der Waals surface area contributed by atoms with E-state index in [1.54, 1.807) is 7.11 Å². The highest BCUT2D eigenvalue weighted by Gasteiger charge is 2.32. The lowest BCUT2D eigenvalue weighted by Crippen LogP contribution is -2.53. The molecule has 126 valence electrons. The van der Waals surface area contributed by atoms with Gasteiger partial charge in [-0.2, -0.15) is 0 Å². The normalized spacial score (nSPS) is 16.6. The Morgan fingerprint density at radius 1 is 1.39 bits per heavy atom. The number of pyridine rings is 1. The fourth-order valence-electron chi connectivity index (χ4n) is 2.20. The zero-order valence-corrected chi connectivity index (χ0v) is 13.2. The van der Waals surface area contributed by atoms with E-state index in [-0.39, 0.29) is 23.5 Å². The lowest BCUT2D eigenvalue weighted by Gasteiger charge is -2.37. The van der Waals surface area contributed by atoms with Crippen LogP contribution in [0, 0.1) is 0 Å². The molecule has 0 aromatic carbocycles. The summed E-state index contributed by atoms with van der Waals surface area (Å²) >= 11 is 0. The molecule has 1 aliphatic heterocycles. The zero-order valence-electron chi connectivity index (χ0n) is 13.2. The molecule has 0 saturated heterocycles. The molecule has 1 aromatic heterocycles. The molecule has 2 rings (SSSR count). The van der Waals surface area contributed by atoms with Crippen LogP contribution in [0.5, 0.6) is 5.75 Å². The standard InChI is InChI=1S/C14H19N3O6/c1-9-15-17-5-4-11(19)13(23-8-22-10(2)18)12(17)14(20)16(9)6-7-21-3/h4-5,9,15H,6-8H2,1-3H3/t9-/m0/s1. The van der Waals surface area contributed by atoms with Gasteiger partial charge >= 0.3 is 5.97 Å². The molecule has 1 atom stereocenters. The molecule has 0 bridgehead atoms. The third-order valence-corrected chi connectivity index (χ3v) is 3.31. The summed E-state index contributed by atoms with van der Waals surface area (Å²) in [4.78, 5) is 37.0. The van der Waals surface area contributed by atoms with Gasteiger partial charge in [-0.15, -0.1) is 0 Å². The maximum Gasteiger partial charge on any atom is 0.305 e. The highest BCUT2D eigenvalue weighted by Crippen LogP contribution is 2.20. The molecule has 0 radical (unpaired) electrons. The van der Waals surface area contributed by atoms with Crippen LogP contribution < -0.4 is 15.6 Å². The number of hydrogen-bond acceptors (Lipinski definition) is 7. The van der Waals surface area contributed by atoms with Crippen molar-refractivity contribution in [2.45, 2.75) is 20.0 Å². The summed E-state index contributed by atoms with van der Waals surface area (Å²) in [7, 11) is 1.54. The highest BCUT2D eigenvalue weighted by atomic mass is 16.7. The van der Waals surface area contributed by atoms with Gasteiger partial charge in [0.25, 0.3) is 5.91 Å². The predicted molar refractivity (Wildman–Crippen MR) is 79.7 cm³/mol. The first kappa shape index (κ1) is 16.8. The van der Waals surface area contributed by atoms with E-state index in [4.69, 9.17) is 9.47 Å². The van der Waals surface area contributed by atoms with Crippen molar-refractivity contribution < 1.29 is 23.8 Å². The fourth-order valence-corrected chi connectivity index (χ4v) is 2.20. The Balaban J connectivity index is 2.32. The van der Waals surface area contributed by atoms with Gasteiger partial charge in [-0.1, -0.05) is 0 Å². The average molecular weight is 325 g/mol. The zero-order chi connectivity index (χ0) is 17.0. The van der Waals surface area contributed by atoms with Crippen molar-refractivity contribution in [3.63, 3.8) is 0 Å². The van der Waals surface area contributed by atoms with Crippen molar-refractivity contribution in [1.29, 1.82) is 0 Å². The molecule has 9 nitrogen and oxygen atoms in total. The quantitative estimate of drug-likeness (QED) is 0.568. The number of hydrogen-bond donors (Lipinski definition) is 1. The van der Waals surface area contributed by atoms with E-state index in [0.29, 0.717) is 13.2 Å². The first-order chi connectivity index (χ1) is 11.0. The van der Waals surface area contributed by atoms with Crippen molar-refractivity contribution in [3.8, 4) is 5.75 Å². The van der Waals surface area contributed by atoms with Gasteiger partial charge in [0, 0.05) is 32.8 Å². The van der Waals surface area contributed by atoms with Crippen molar-refractivity contribution in [2.75, 3.05) is 32.5 Å². The predicted octanol–water partition coefficient (Wildman–Crippen LogP) is -0.261. The van der Waals surface area contributed by atoms with Gasteiger partial charge in [-0.25, -0.2) is 0 Å². The minimum atomic E-state index is -0.547. The van der Waals surface area contributed by atoms with Gasteiger partial charge in [0.15, 0.2) is 5.69 Å². The minimum absolute atomic E-state index is 0.0545. The van der Waals surface area contributed by atoms with Crippen LogP contribution in [0.4, 0.5) is 0 Å². The van der Waals surface area contributed by atoms with E-state index >= 15 is 0 Å². The number of fused-ring (bicyclic) bond motifs is 1. The Hall–Kier alpha value is -2.55. The second kappa shape index (κ2) is 7.14. The molecule has 0 spiro atoms. The summed E-state index contributed by atoms with van der Waals surface area (Å²) in [5.74, 6) is -1.08. The van der Waals surface area contributed by atoms with Gasteiger partial charge in [0.2, 0.25) is 18.0 Å². The van der Waals surface area contributed by atoms with Crippen LogP contribution in [0.2, 0.25) is 0 Å². The molecule has 0 aliphatic carbocycles. The van der Waals surface area contributed by atoms with Gasteiger partial charge in [-0.3, -0.25) is 19.1 Å². The lowest BCUT2D eigenvalue weighted by molar-refractivity contribution is -0.147. The Kier molecular flexibility index (Phi) is 5.22. The van der Waals surface area contributed by atoms with E-state index in [9.17, 15) is 14.4 Å². The van der Waals surface area contributed by atoms with Crippen LogP contribution in [-0.2, 0) is 14.3 Å². The monoisotopic (exact) mass is 325 g/mol. The second-order valence-electron chi connectivity index (χ2n) is 4.92. The molecule has 23 heavy (non-hydrogen) atoms. The molecular weight excluding hydrogens is 306 g/mol. The van der Waals surface area contributed by atoms with Crippen LogP contribution in [0.15, 0.2) is 17.1 Å². The van der Waals surface area contributed by atoms with Crippen LogP contribution in [0.25, 0.3) is 0 Å². The van der Waals surface area contributed by atoms with Crippen LogP contribution in [-0.4, -0.2) is 54.7 Å². The van der Waals surface area contributed by atoms with Gasteiger partial charge < -0.3 is 24.5 Å². The third kappa shape index (κ3) is 3.62. The summed E-state index contributed by atoms with van der Waals surface area (Å²) in [5, 5.41) is 0. The molecule has 2 heterocycles. The number of amides is 1. The second-order valence-corrected chi connectivity index (χ2v) is 4.92. The largest absolute Gasteiger partial charge is 0.451 e. The Labute approximate surface area is 132 Å². The first-order valence-corrected chi connectivity index (χ1v) is 7.04. The molecule has 9 heteroatoms. The molecular formula is C14H19N3O6. The number of carbonyl (C=O) groups is 2. The molecule has 0 saturated carbocycles. The Bertz CT molecular complexity index is 656. The number of nitrogens with one attached hydrogen (secondary N) is 1. The Morgan fingerprint density at radius 2 is 2.13 bits per heavy atom. The number of nitrogens with zero attached hydrogens (tertiary/aromatic N) is 2. The molecule has 1 amide bonds. The van der Waals surface area contributed by atoms with Crippen LogP contribution in [0.3, 0.4) is 0 Å². The number of aromatic nitrogens is 1. The summed E-state index contributed by atoms with van der Waals surface area (Å²) < 4.78 is 16.3. The average Bonchev–Trinajstić information content (AvgIpc) is 2.49. The van der Waals surface area contributed by atoms with Gasteiger partial charge in [-0.05, 0) is 6.92 Å². The molecule has 1 aromatic rings. The number of methoxy groups -OCH3 is 1. The van der Waals surface area contributed by atoms with E-state index in [2.05, 4.69) is 10.2 Å². The van der Waals surface area contributed by atoms with Gasteiger partial charge in [0.1, 0.15) is 6.17 Å². The highest BCUT2D eigenvalue weighted by molar-refractivity contribution is 5.96. The van der Waals surface area contributed by atoms with E-state index in [1.165, 1.54) is 28.8 Å². The van der Waals surface area contributed by atoms with E-state index in [1.807, 2.05) is 6.92 Å². The molecule has 0 unspecified atom stereocenters. The third-order valence-electron chi connectivity index (χ3n) is 3.31. The number of carbonyl (C=O) groups excluding carboxylic acids is 2. The molecule has 0 fully saturated rings. The van der Waals surface area contributed by atoms with Crippen molar-refractivity contribution in [1.82, 2.24) is 9.58 Å². The van der Waals surface area contributed by atoms with Crippen molar-refractivity contribution in [3.05, 3.63) is 28.2 Å². The van der Waals surface area contributed by atoms with E-state index in [0.717, 1.165) is 0 Å². The smallest absolute Gasteiger partial charge is 0.305 e. The fraction of sp³-hybridized carbons (Fsp3) is 0.500. The lowest BCUT2D eigenvalue weighted by atomic mass is 10.2. The van der Waals surface area contributed by atoms with Crippen molar-refractivity contribution >= 4 is 11.9 Å². The summed E-state index contributed by atoms with van der Waals surface area (Å²) in [6.07, 6.45) is 1.17. The topological polar surface area (TPSA) is 99.1 Å². The SMILES string of the molecule is COCCN1C(=O)c2c(OCOC(C)=O)c(=O)ccn2N[C@@H]1C. The maximum absolute atomic E-state index is 12.7. The maximum atomic E-state index is 12.7. The van der Waals surface area contributed by atoms with Crippen molar-refractivity contribution in [2.24, 2.45) is 0 Å². The minimum Gasteiger partial charge on any atom is -0.451 e. The summed E-state index contributed by atoms with van der Waals surface area (Å²) in [5.41, 5.74) is 2.64. The number of ether oxygens (including phenoxy) is 3. The summed E-state index contributed by atoms with van der Waals surface area (Å²) in [6.45, 7) is 3.31. The summed E-state index contributed by atoms with van der Waals surface area (Å²) in [6, 6.07) is 1.27.